The first-order valence-corrected chi connectivity index (χ1v) is 8.60. The first kappa shape index (κ1) is 15.1. The van der Waals surface area contributed by atoms with Crippen molar-refractivity contribution in [3.63, 3.8) is 0 Å². The van der Waals surface area contributed by atoms with Crippen LogP contribution in [0, 0.1) is 24.7 Å². The van der Waals surface area contributed by atoms with Crippen molar-refractivity contribution >= 4 is 11.7 Å². The maximum atomic E-state index is 12.6. The first-order chi connectivity index (χ1) is 11.7. The summed E-state index contributed by atoms with van der Waals surface area (Å²) in [5.74, 6) is 6.42. The van der Waals surface area contributed by atoms with Crippen molar-refractivity contribution in [2.75, 3.05) is 19.6 Å². The fraction of sp³-hybridized carbons (Fsp3) is 0.474. The van der Waals surface area contributed by atoms with E-state index in [1.807, 2.05) is 21.9 Å². The van der Waals surface area contributed by atoms with Crippen molar-refractivity contribution in [3.8, 4) is 11.8 Å². The second-order valence-electron chi connectivity index (χ2n) is 6.66. The molecule has 1 aromatic carbocycles. The zero-order chi connectivity index (χ0) is 16.5. The molecule has 2 saturated heterocycles. The minimum atomic E-state index is -0.278. The van der Waals surface area contributed by atoms with E-state index in [-0.39, 0.29) is 18.2 Å². The second-order valence-corrected chi connectivity index (χ2v) is 6.66. The molecule has 0 bridgehead atoms. The van der Waals surface area contributed by atoms with Gasteiger partial charge in [0.05, 0.1) is 5.92 Å². The second kappa shape index (κ2) is 6.20. The van der Waals surface area contributed by atoms with Crippen LogP contribution in [0.2, 0.25) is 0 Å². The molecule has 3 heterocycles. The number of urea groups is 1. The van der Waals surface area contributed by atoms with E-state index in [2.05, 4.69) is 36.1 Å². The molecule has 0 saturated carbocycles. The Bertz CT molecular complexity index is 740. The third-order valence-electron chi connectivity index (χ3n) is 4.92. The molecule has 3 aliphatic rings. The number of aryl methyl sites for hydroxylation is 1. The molecule has 5 nitrogen and oxygen atoms in total. The Labute approximate surface area is 142 Å². The van der Waals surface area contributed by atoms with Crippen LogP contribution in [0.1, 0.15) is 30.4 Å². The summed E-state index contributed by atoms with van der Waals surface area (Å²) in [6.45, 7) is 4.48. The number of nitrogens with zero attached hydrogens (tertiary/aromatic N) is 3. The van der Waals surface area contributed by atoms with Crippen molar-refractivity contribution in [1.82, 2.24) is 9.80 Å². The zero-order valence-electron chi connectivity index (χ0n) is 13.9. The van der Waals surface area contributed by atoms with Gasteiger partial charge in [0.15, 0.2) is 0 Å². The first-order valence-electron chi connectivity index (χ1n) is 8.60. The Morgan fingerprint density at radius 2 is 2.08 bits per heavy atom. The lowest BCUT2D eigenvalue weighted by Gasteiger charge is -2.27. The van der Waals surface area contributed by atoms with Gasteiger partial charge in [0.2, 0.25) is 6.23 Å². The maximum absolute atomic E-state index is 12.6. The van der Waals surface area contributed by atoms with Crippen LogP contribution in [0.25, 0.3) is 0 Å². The van der Waals surface area contributed by atoms with E-state index in [0.717, 1.165) is 50.2 Å². The van der Waals surface area contributed by atoms with Crippen LogP contribution in [-0.2, 0) is 4.84 Å². The largest absolute Gasteiger partial charge is 0.369 e. The number of carbonyl (C=O) groups is 1. The predicted octanol–water partition coefficient (Wildman–Crippen LogP) is 2.60. The lowest BCUT2D eigenvalue weighted by Crippen LogP contribution is -2.45. The summed E-state index contributed by atoms with van der Waals surface area (Å²) in [5, 5.41) is 4.15. The minimum absolute atomic E-state index is 0.0862. The fourth-order valence-corrected chi connectivity index (χ4v) is 3.61. The number of oxime groups is 1. The van der Waals surface area contributed by atoms with E-state index in [0.29, 0.717) is 0 Å². The molecule has 2 atom stereocenters. The Balaban J connectivity index is 1.45. The van der Waals surface area contributed by atoms with Crippen molar-refractivity contribution in [3.05, 3.63) is 35.4 Å². The maximum Gasteiger partial charge on any atom is 0.322 e. The summed E-state index contributed by atoms with van der Waals surface area (Å²) in [4.78, 5) is 21.9. The third-order valence-corrected chi connectivity index (χ3v) is 4.92. The number of carbonyl (C=O) groups excluding carboxylic acids is 1. The van der Waals surface area contributed by atoms with E-state index >= 15 is 0 Å². The predicted molar refractivity (Wildman–Crippen MR) is 91.4 cm³/mol. The molecule has 3 aliphatic heterocycles. The van der Waals surface area contributed by atoms with Gasteiger partial charge in [0, 0.05) is 25.2 Å². The molecule has 2 amide bonds. The molecule has 2 unspecified atom stereocenters. The van der Waals surface area contributed by atoms with Crippen LogP contribution in [-0.4, -0.2) is 47.4 Å². The van der Waals surface area contributed by atoms with E-state index in [9.17, 15) is 4.79 Å². The summed E-state index contributed by atoms with van der Waals surface area (Å²) in [7, 11) is 0. The molecule has 0 radical (unpaired) electrons. The van der Waals surface area contributed by atoms with Crippen molar-refractivity contribution in [2.24, 2.45) is 11.1 Å². The molecule has 24 heavy (non-hydrogen) atoms. The van der Waals surface area contributed by atoms with E-state index in [4.69, 9.17) is 4.84 Å². The van der Waals surface area contributed by atoms with Crippen LogP contribution < -0.4 is 0 Å². The zero-order valence-corrected chi connectivity index (χ0v) is 13.9. The van der Waals surface area contributed by atoms with Gasteiger partial charge < -0.3 is 9.74 Å². The number of amides is 2. The molecule has 0 aliphatic carbocycles. The Morgan fingerprint density at radius 1 is 1.25 bits per heavy atom. The van der Waals surface area contributed by atoms with Gasteiger partial charge in [-0.15, -0.1) is 0 Å². The lowest BCUT2D eigenvalue weighted by atomic mass is 10.0. The van der Waals surface area contributed by atoms with Crippen LogP contribution in [0.4, 0.5) is 4.79 Å². The van der Waals surface area contributed by atoms with Gasteiger partial charge >= 0.3 is 6.03 Å². The molecule has 2 fully saturated rings. The average Bonchev–Trinajstić information content (AvgIpc) is 3.30. The van der Waals surface area contributed by atoms with Crippen molar-refractivity contribution in [2.45, 2.75) is 32.4 Å². The normalized spacial score (nSPS) is 25.0. The SMILES string of the molecule is Cc1cccc(C#CC2=NOC3C2CCN3C(=O)N2CCCC2)c1. The molecule has 124 valence electrons. The smallest absolute Gasteiger partial charge is 0.322 e. The number of rotatable bonds is 0. The highest BCUT2D eigenvalue weighted by atomic mass is 16.7. The van der Waals surface area contributed by atoms with Crippen LogP contribution in [0.5, 0.6) is 0 Å². The number of fused-ring (bicyclic) bond motifs is 1. The van der Waals surface area contributed by atoms with Gasteiger partial charge in [0.25, 0.3) is 0 Å². The summed E-state index contributed by atoms with van der Waals surface area (Å²) < 4.78 is 0. The third kappa shape index (κ3) is 2.73. The van der Waals surface area contributed by atoms with E-state index < -0.39 is 0 Å². The van der Waals surface area contributed by atoms with Crippen molar-refractivity contribution in [1.29, 1.82) is 0 Å². The summed E-state index contributed by atoms with van der Waals surface area (Å²) in [5.41, 5.74) is 2.93. The number of hydrogen-bond acceptors (Lipinski definition) is 3. The van der Waals surface area contributed by atoms with Gasteiger partial charge in [-0.2, -0.15) is 0 Å². The van der Waals surface area contributed by atoms with E-state index in [1.165, 1.54) is 5.56 Å². The van der Waals surface area contributed by atoms with E-state index in [1.54, 1.807) is 0 Å². The number of benzene rings is 1. The molecule has 5 heteroatoms. The lowest BCUT2D eigenvalue weighted by molar-refractivity contribution is -0.0126. The molecule has 0 spiro atoms. The van der Waals surface area contributed by atoms with Crippen LogP contribution in [0.15, 0.2) is 29.4 Å². The highest BCUT2D eigenvalue weighted by molar-refractivity contribution is 6.03. The molecule has 0 N–H and O–H groups in total. The molecule has 0 aromatic heterocycles. The summed E-state index contributed by atoms with van der Waals surface area (Å²) in [6.07, 6.45) is 2.78. The number of hydrogen-bond donors (Lipinski definition) is 0. The molecular weight excluding hydrogens is 302 g/mol. The van der Waals surface area contributed by atoms with Gasteiger partial charge in [-0.25, -0.2) is 4.79 Å². The summed E-state index contributed by atoms with van der Waals surface area (Å²) in [6, 6.07) is 8.19. The molecule has 1 aromatic rings. The van der Waals surface area contributed by atoms with Gasteiger partial charge in [-0.05, 0) is 49.8 Å². The Kier molecular flexibility index (Phi) is 3.89. The topological polar surface area (TPSA) is 45.1 Å². The highest BCUT2D eigenvalue weighted by Crippen LogP contribution is 2.32. The number of likely N-dealkylation sites (tertiary alicyclic amines) is 2. The van der Waals surface area contributed by atoms with Gasteiger partial charge in [-0.1, -0.05) is 23.2 Å². The van der Waals surface area contributed by atoms with Gasteiger partial charge in [-0.3, -0.25) is 4.90 Å². The Morgan fingerprint density at radius 3 is 2.88 bits per heavy atom. The molecular formula is C19H21N3O2. The van der Waals surface area contributed by atoms with Crippen molar-refractivity contribution < 1.29 is 9.63 Å². The fourth-order valence-electron chi connectivity index (χ4n) is 3.61. The minimum Gasteiger partial charge on any atom is -0.369 e. The van der Waals surface area contributed by atoms with Crippen LogP contribution in [0.3, 0.4) is 0 Å². The monoisotopic (exact) mass is 323 g/mol. The Hall–Kier alpha value is -2.48. The standard InChI is InChI=1S/C19H21N3O2/c1-14-5-4-6-15(13-14)7-8-17-16-9-12-22(18(16)24-20-17)19(23)21-10-2-3-11-21/h4-6,13,16,18H,2-3,9-12H2,1H3. The summed E-state index contributed by atoms with van der Waals surface area (Å²) >= 11 is 0. The average molecular weight is 323 g/mol. The van der Waals surface area contributed by atoms with Gasteiger partial charge in [0.1, 0.15) is 5.71 Å². The molecule has 4 rings (SSSR count). The highest BCUT2D eigenvalue weighted by Gasteiger charge is 2.46. The quantitative estimate of drug-likeness (QED) is 0.689. The van der Waals surface area contributed by atoms with Crippen LogP contribution >= 0.6 is 0 Å².